The lowest BCUT2D eigenvalue weighted by Gasteiger charge is -2.44. The number of carbonyl (C=O) groups excluding carboxylic acids is 1. The molecular weight excluding hydrogens is 641 g/mol. The molecule has 2 aliphatic rings. The van der Waals surface area contributed by atoms with Gasteiger partial charge in [0.25, 0.3) is 0 Å². The fraction of sp³-hybridized carbons (Fsp3) is 0.438. The highest BCUT2D eigenvalue weighted by Crippen LogP contribution is 2.41. The van der Waals surface area contributed by atoms with Crippen molar-refractivity contribution in [2.75, 3.05) is 56.2 Å². The van der Waals surface area contributed by atoms with E-state index in [1.165, 1.54) is 44.1 Å². The molecule has 0 aliphatic carbocycles. The minimum Gasteiger partial charge on any atom is -0.378 e. The molecule has 2 saturated heterocycles. The van der Waals surface area contributed by atoms with Gasteiger partial charge in [0.2, 0.25) is 5.91 Å². The van der Waals surface area contributed by atoms with E-state index in [2.05, 4.69) is 14.8 Å². The molecule has 2 aliphatic heterocycles. The number of halogens is 8. The van der Waals surface area contributed by atoms with E-state index >= 15 is 0 Å². The molecule has 3 heterocycles. The van der Waals surface area contributed by atoms with E-state index in [1.807, 2.05) is 0 Å². The Hall–Kier alpha value is -3.42. The van der Waals surface area contributed by atoms with Crippen molar-refractivity contribution < 1.29 is 40.3 Å². The van der Waals surface area contributed by atoms with Crippen LogP contribution in [-0.2, 0) is 27.3 Å². The summed E-state index contributed by atoms with van der Waals surface area (Å²) in [6.45, 7) is 8.47. The number of anilines is 2. The number of amides is 1. The van der Waals surface area contributed by atoms with Gasteiger partial charge >= 0.3 is 12.4 Å². The number of aryl methyl sites for hydroxylation is 1. The lowest BCUT2D eigenvalue weighted by molar-refractivity contribution is -0.143. The number of ether oxygens (including phenoxy) is 1. The third-order valence-corrected chi connectivity index (χ3v) is 8.62. The van der Waals surface area contributed by atoms with Gasteiger partial charge in [-0.3, -0.25) is 9.69 Å². The average Bonchev–Trinajstić information content (AvgIpc) is 2.98. The van der Waals surface area contributed by atoms with Crippen molar-refractivity contribution >= 4 is 29.8 Å². The fourth-order valence-corrected chi connectivity index (χ4v) is 5.94. The summed E-state index contributed by atoms with van der Waals surface area (Å²) in [6.07, 6.45) is -8.68. The maximum Gasteiger partial charge on any atom is 0.416 e. The van der Waals surface area contributed by atoms with Crippen molar-refractivity contribution in [1.29, 1.82) is 0 Å². The Morgan fingerprint density at radius 2 is 1.54 bits per heavy atom. The van der Waals surface area contributed by atoms with Crippen molar-refractivity contribution in [3.8, 4) is 11.1 Å². The van der Waals surface area contributed by atoms with Crippen LogP contribution in [0.5, 0.6) is 0 Å². The summed E-state index contributed by atoms with van der Waals surface area (Å²) in [4.78, 5) is 24.2. The number of pyridine rings is 1. The molecule has 0 saturated carbocycles. The summed E-state index contributed by atoms with van der Waals surface area (Å²) < 4.78 is 102. The van der Waals surface area contributed by atoms with E-state index in [1.54, 1.807) is 19.1 Å². The van der Waals surface area contributed by atoms with Crippen LogP contribution in [0.1, 0.15) is 36.1 Å². The van der Waals surface area contributed by atoms with E-state index in [0.717, 1.165) is 13.1 Å². The summed E-state index contributed by atoms with van der Waals surface area (Å²) >= 11 is 0. The highest BCUT2D eigenvalue weighted by molar-refractivity contribution is 6.03. The van der Waals surface area contributed by atoms with Gasteiger partial charge in [0.1, 0.15) is 11.6 Å². The van der Waals surface area contributed by atoms with Crippen molar-refractivity contribution in [3.05, 3.63) is 76.7 Å². The first kappa shape index (κ1) is 35.4. The normalized spacial score (nSPS) is 17.7. The Morgan fingerprint density at radius 3 is 2.15 bits per heavy atom. The number of hydrogen-bond donors (Lipinski definition) is 0. The van der Waals surface area contributed by atoms with Crippen LogP contribution in [0.15, 0.2) is 48.7 Å². The largest absolute Gasteiger partial charge is 0.416 e. The number of rotatable bonds is 5. The van der Waals surface area contributed by atoms with Gasteiger partial charge in [-0.05, 0) is 73.9 Å². The van der Waals surface area contributed by atoms with Crippen LogP contribution in [0.3, 0.4) is 0 Å². The topological polar surface area (TPSA) is 48.9 Å². The Morgan fingerprint density at radius 1 is 0.913 bits per heavy atom. The van der Waals surface area contributed by atoms with E-state index < -0.39 is 46.2 Å². The molecule has 2 aromatic carbocycles. The number of carbonyl (C=O) groups is 1. The van der Waals surface area contributed by atoms with Crippen molar-refractivity contribution in [2.45, 2.75) is 44.6 Å². The first-order valence-electron chi connectivity index (χ1n) is 14.4. The lowest BCUT2D eigenvalue weighted by atomic mass is 9.81. The molecule has 0 bridgehead atoms. The molecule has 14 heteroatoms. The molecule has 1 aromatic heterocycles. The number of benzene rings is 2. The SMILES string of the molecule is Cc1cc(F)ccc1-c1cc(N2CCN3CCOC[C@@H]3C2)ncc1N(C)C(=O)C(C)(C)c1cc(C(F)(F)F)cc(C(F)(F)F)c1.Cl. The molecule has 2 fully saturated rings. The predicted molar refractivity (Wildman–Crippen MR) is 163 cm³/mol. The molecule has 1 atom stereocenters. The Labute approximate surface area is 268 Å². The number of piperazine rings is 1. The third kappa shape index (κ3) is 7.11. The summed E-state index contributed by atoms with van der Waals surface area (Å²) in [5.74, 6) is -0.620. The molecule has 0 unspecified atom stereocenters. The summed E-state index contributed by atoms with van der Waals surface area (Å²) in [5.41, 5.74) is -3.36. The molecule has 1 amide bonds. The minimum absolute atomic E-state index is 0. The Kier molecular flexibility index (Phi) is 10.0. The quantitative estimate of drug-likeness (QED) is 0.270. The van der Waals surface area contributed by atoms with E-state index in [0.29, 0.717) is 60.9 Å². The Bertz CT molecular complexity index is 1560. The Balaban J connectivity index is 0.00000480. The van der Waals surface area contributed by atoms with Gasteiger partial charge in [-0.25, -0.2) is 9.37 Å². The molecule has 0 spiro atoms. The molecule has 250 valence electrons. The maximum absolute atomic E-state index is 14.1. The lowest BCUT2D eigenvalue weighted by Crippen LogP contribution is -2.58. The van der Waals surface area contributed by atoms with E-state index in [-0.39, 0.29) is 30.2 Å². The smallest absolute Gasteiger partial charge is 0.378 e. The summed E-state index contributed by atoms with van der Waals surface area (Å²) in [6, 6.07) is 7.30. The number of fused-ring (bicyclic) bond motifs is 1. The zero-order valence-corrected chi connectivity index (χ0v) is 26.4. The molecule has 0 radical (unpaired) electrons. The van der Waals surface area contributed by atoms with Crippen molar-refractivity contribution in [3.63, 3.8) is 0 Å². The highest BCUT2D eigenvalue weighted by Gasteiger charge is 2.41. The van der Waals surface area contributed by atoms with E-state index in [4.69, 9.17) is 4.74 Å². The number of alkyl halides is 6. The van der Waals surface area contributed by atoms with Crippen LogP contribution in [0.4, 0.5) is 42.2 Å². The molecule has 6 nitrogen and oxygen atoms in total. The zero-order chi connectivity index (χ0) is 32.9. The van der Waals surface area contributed by atoms with Crippen LogP contribution in [-0.4, -0.2) is 68.3 Å². The highest BCUT2D eigenvalue weighted by atomic mass is 35.5. The number of likely N-dealkylation sites (N-methyl/N-ethyl adjacent to an activating group) is 1. The summed E-state index contributed by atoms with van der Waals surface area (Å²) in [5, 5.41) is 0. The third-order valence-electron chi connectivity index (χ3n) is 8.62. The van der Waals surface area contributed by atoms with Gasteiger partial charge in [0.15, 0.2) is 0 Å². The van der Waals surface area contributed by atoms with Crippen LogP contribution >= 0.6 is 12.4 Å². The molecular formula is C32H34ClF7N4O2. The van der Waals surface area contributed by atoms with Gasteiger partial charge < -0.3 is 14.5 Å². The van der Waals surface area contributed by atoms with E-state index in [9.17, 15) is 35.5 Å². The minimum atomic E-state index is -5.07. The molecule has 46 heavy (non-hydrogen) atoms. The second-order valence-corrected chi connectivity index (χ2v) is 12.0. The second-order valence-electron chi connectivity index (χ2n) is 12.0. The van der Waals surface area contributed by atoms with Crippen LogP contribution in [0.2, 0.25) is 0 Å². The van der Waals surface area contributed by atoms with Crippen molar-refractivity contribution in [1.82, 2.24) is 9.88 Å². The van der Waals surface area contributed by atoms with Crippen LogP contribution in [0.25, 0.3) is 11.1 Å². The molecule has 3 aromatic rings. The number of morpholine rings is 1. The number of hydrogen-bond acceptors (Lipinski definition) is 5. The second kappa shape index (κ2) is 13.0. The van der Waals surface area contributed by atoms with Gasteiger partial charge in [-0.1, -0.05) is 6.07 Å². The number of nitrogens with zero attached hydrogens (tertiary/aromatic N) is 4. The van der Waals surface area contributed by atoms with Gasteiger partial charge in [0, 0.05) is 38.8 Å². The zero-order valence-electron chi connectivity index (χ0n) is 25.6. The van der Waals surface area contributed by atoms with Gasteiger partial charge in [-0.2, -0.15) is 26.3 Å². The van der Waals surface area contributed by atoms with Crippen molar-refractivity contribution in [2.24, 2.45) is 0 Å². The standard InChI is InChI=1S/C32H33F7N4O2.ClH/c1-19-11-23(33)5-6-25(19)26-15-28(43-8-7-42-9-10-45-18-24(42)17-43)40-16-27(26)41(4)29(44)30(2,3)20-12-21(31(34,35)36)14-22(13-20)32(37,38)39;/h5-6,11-16,24H,7-10,17-18H2,1-4H3;1H/t24-;/m0./s1. The monoisotopic (exact) mass is 674 g/mol. The first-order valence-corrected chi connectivity index (χ1v) is 14.4. The van der Waals surface area contributed by atoms with Gasteiger partial charge in [0.05, 0.1) is 47.7 Å². The summed E-state index contributed by atoms with van der Waals surface area (Å²) in [7, 11) is 1.39. The van der Waals surface area contributed by atoms with Gasteiger partial charge in [-0.15, -0.1) is 12.4 Å². The van der Waals surface area contributed by atoms with Crippen LogP contribution in [0, 0.1) is 12.7 Å². The predicted octanol–water partition coefficient (Wildman–Crippen LogP) is 7.12. The number of aromatic nitrogens is 1. The maximum atomic E-state index is 14.1. The van der Waals surface area contributed by atoms with Crippen LogP contribution < -0.4 is 9.80 Å². The molecule has 0 N–H and O–H groups in total. The first-order chi connectivity index (χ1) is 21.0. The molecule has 5 rings (SSSR count). The average molecular weight is 675 g/mol. The fourth-order valence-electron chi connectivity index (χ4n) is 5.94.